The second-order valence-electron chi connectivity index (χ2n) is 6.17. The molecule has 1 aliphatic rings. The summed E-state index contributed by atoms with van der Waals surface area (Å²) in [6, 6.07) is 3.61. The molecule has 1 fully saturated rings. The van der Waals surface area contributed by atoms with E-state index in [0.717, 1.165) is 12.3 Å². The summed E-state index contributed by atoms with van der Waals surface area (Å²) in [4.78, 5) is 11.4. The summed E-state index contributed by atoms with van der Waals surface area (Å²) in [5.41, 5.74) is 0.393. The van der Waals surface area contributed by atoms with E-state index < -0.39 is 5.97 Å². The topological polar surface area (TPSA) is 51.5 Å². The molecule has 4 nitrogen and oxygen atoms in total. The highest BCUT2D eigenvalue weighted by Gasteiger charge is 2.27. The Kier molecular flexibility index (Phi) is 4.86. The Morgan fingerprint density at radius 3 is 2.75 bits per heavy atom. The monoisotopic (exact) mass is 279 g/mol. The normalized spacial score (nSPS) is 19.6. The lowest BCUT2D eigenvalue weighted by atomic mass is 9.75. The highest BCUT2D eigenvalue weighted by molar-refractivity contribution is 5.86. The van der Waals surface area contributed by atoms with E-state index in [1.807, 2.05) is 6.07 Å². The maximum Gasteiger partial charge on any atom is 0.373 e. The van der Waals surface area contributed by atoms with Crippen molar-refractivity contribution < 1.29 is 13.9 Å². The zero-order valence-electron chi connectivity index (χ0n) is 12.7. The predicted molar refractivity (Wildman–Crippen MR) is 77.7 cm³/mol. The van der Waals surface area contributed by atoms with E-state index in [2.05, 4.69) is 23.9 Å². The van der Waals surface area contributed by atoms with Crippen LogP contribution in [-0.4, -0.2) is 19.6 Å². The van der Waals surface area contributed by atoms with Crippen LogP contribution in [0.5, 0.6) is 0 Å². The zero-order chi connectivity index (χ0) is 14.6. The molecular weight excluding hydrogens is 254 g/mol. The van der Waals surface area contributed by atoms with Crippen molar-refractivity contribution in [3.63, 3.8) is 0 Å². The molecule has 0 amide bonds. The van der Waals surface area contributed by atoms with Crippen LogP contribution in [0.15, 0.2) is 16.5 Å². The third-order valence-electron chi connectivity index (χ3n) is 4.34. The van der Waals surface area contributed by atoms with Gasteiger partial charge in [0.2, 0.25) is 5.76 Å². The number of ether oxygens (including phenoxy) is 1. The first-order valence-corrected chi connectivity index (χ1v) is 7.45. The number of hydrogen-bond acceptors (Lipinski definition) is 4. The molecule has 1 unspecified atom stereocenters. The Labute approximate surface area is 120 Å². The molecule has 0 radical (unpaired) electrons. The Balaban J connectivity index is 1.89. The maximum atomic E-state index is 11.4. The van der Waals surface area contributed by atoms with Crippen LogP contribution in [0.4, 0.5) is 0 Å². The highest BCUT2D eigenvalue weighted by Crippen LogP contribution is 2.35. The molecule has 1 aromatic heterocycles. The Morgan fingerprint density at radius 2 is 2.10 bits per heavy atom. The van der Waals surface area contributed by atoms with Gasteiger partial charge in [0.25, 0.3) is 0 Å². The largest absolute Gasteiger partial charge is 0.463 e. The van der Waals surface area contributed by atoms with Crippen LogP contribution in [0, 0.1) is 5.41 Å². The lowest BCUT2D eigenvalue weighted by molar-refractivity contribution is 0.0562. The fourth-order valence-corrected chi connectivity index (χ4v) is 2.88. The molecule has 0 bridgehead atoms. The Morgan fingerprint density at radius 1 is 1.40 bits per heavy atom. The van der Waals surface area contributed by atoms with E-state index in [4.69, 9.17) is 4.42 Å². The third kappa shape index (κ3) is 3.63. The van der Waals surface area contributed by atoms with Gasteiger partial charge in [-0.2, -0.15) is 0 Å². The number of esters is 1. The van der Waals surface area contributed by atoms with Crippen LogP contribution in [0.2, 0.25) is 0 Å². The van der Waals surface area contributed by atoms with Gasteiger partial charge in [-0.05, 0) is 37.3 Å². The molecule has 0 spiro atoms. The molecule has 20 heavy (non-hydrogen) atoms. The van der Waals surface area contributed by atoms with Crippen LogP contribution in [0.1, 0.15) is 68.3 Å². The fraction of sp³-hybridized carbons (Fsp3) is 0.688. The van der Waals surface area contributed by atoms with Crippen molar-refractivity contribution in [2.45, 2.75) is 52.0 Å². The van der Waals surface area contributed by atoms with Crippen LogP contribution >= 0.6 is 0 Å². The van der Waals surface area contributed by atoms with Gasteiger partial charge in [-0.15, -0.1) is 0 Å². The van der Waals surface area contributed by atoms with Gasteiger partial charge in [0.15, 0.2) is 0 Å². The van der Waals surface area contributed by atoms with Crippen LogP contribution < -0.4 is 5.32 Å². The molecule has 1 saturated carbocycles. The van der Waals surface area contributed by atoms with Gasteiger partial charge >= 0.3 is 5.97 Å². The molecule has 0 aliphatic heterocycles. The van der Waals surface area contributed by atoms with Crippen molar-refractivity contribution in [2.24, 2.45) is 5.41 Å². The number of carbonyl (C=O) groups excluding carboxylic acids is 1. The van der Waals surface area contributed by atoms with E-state index in [1.54, 1.807) is 6.07 Å². The summed E-state index contributed by atoms with van der Waals surface area (Å²) in [6.45, 7) is 5.41. The first-order valence-electron chi connectivity index (χ1n) is 7.45. The van der Waals surface area contributed by atoms with Gasteiger partial charge < -0.3 is 14.5 Å². The lowest BCUT2D eigenvalue weighted by Gasteiger charge is -2.34. The first-order chi connectivity index (χ1) is 9.54. The average molecular weight is 279 g/mol. The summed E-state index contributed by atoms with van der Waals surface area (Å²) in [5, 5.41) is 3.53. The van der Waals surface area contributed by atoms with E-state index in [9.17, 15) is 4.79 Å². The van der Waals surface area contributed by atoms with Gasteiger partial charge in [-0.25, -0.2) is 4.79 Å². The minimum absolute atomic E-state index is 0.104. The van der Waals surface area contributed by atoms with Gasteiger partial charge in [0.05, 0.1) is 13.2 Å². The number of hydrogen-bond donors (Lipinski definition) is 1. The van der Waals surface area contributed by atoms with Crippen molar-refractivity contribution in [2.75, 3.05) is 13.7 Å². The Bertz CT molecular complexity index is 446. The van der Waals surface area contributed by atoms with Crippen LogP contribution in [0.3, 0.4) is 0 Å². The summed E-state index contributed by atoms with van der Waals surface area (Å²) in [6.07, 6.45) is 6.61. The quantitative estimate of drug-likeness (QED) is 0.835. The minimum atomic E-state index is -0.428. The van der Waals surface area contributed by atoms with Gasteiger partial charge in [-0.1, -0.05) is 26.2 Å². The van der Waals surface area contributed by atoms with E-state index in [-0.39, 0.29) is 11.8 Å². The number of nitrogens with one attached hydrogen (secondary N) is 1. The van der Waals surface area contributed by atoms with E-state index >= 15 is 0 Å². The van der Waals surface area contributed by atoms with E-state index in [1.165, 1.54) is 39.2 Å². The molecule has 1 aliphatic carbocycles. The van der Waals surface area contributed by atoms with Gasteiger partial charge in [0.1, 0.15) is 5.76 Å². The second kappa shape index (κ2) is 6.44. The number of furan rings is 1. The van der Waals surface area contributed by atoms with Gasteiger partial charge in [0, 0.05) is 6.54 Å². The molecule has 4 heteroatoms. The van der Waals surface area contributed by atoms with Crippen molar-refractivity contribution in [3.05, 3.63) is 23.7 Å². The molecule has 112 valence electrons. The average Bonchev–Trinajstić information content (AvgIpc) is 2.94. The van der Waals surface area contributed by atoms with Gasteiger partial charge in [-0.3, -0.25) is 0 Å². The molecule has 1 atom stereocenters. The molecule has 2 rings (SSSR count). The standard InChI is InChI=1S/C16H25NO3/c1-12(13-7-8-14(20-13)15(18)19-3)17-11-16(2)9-5-4-6-10-16/h7-8,12,17H,4-6,9-11H2,1-3H3. The summed E-state index contributed by atoms with van der Waals surface area (Å²) in [7, 11) is 1.36. The van der Waals surface area contributed by atoms with Crippen molar-refractivity contribution in [3.8, 4) is 0 Å². The third-order valence-corrected chi connectivity index (χ3v) is 4.34. The minimum Gasteiger partial charge on any atom is -0.463 e. The zero-order valence-corrected chi connectivity index (χ0v) is 12.7. The lowest BCUT2D eigenvalue weighted by Crippen LogP contribution is -2.34. The predicted octanol–water partition coefficient (Wildman–Crippen LogP) is 3.69. The fourth-order valence-electron chi connectivity index (χ4n) is 2.88. The first kappa shape index (κ1) is 15.1. The Hall–Kier alpha value is -1.29. The van der Waals surface area contributed by atoms with Crippen molar-refractivity contribution >= 4 is 5.97 Å². The molecule has 0 aromatic carbocycles. The molecule has 1 heterocycles. The molecule has 1 N–H and O–H groups in total. The molecule has 1 aromatic rings. The summed E-state index contributed by atoms with van der Waals surface area (Å²) >= 11 is 0. The molecule has 0 saturated heterocycles. The van der Waals surface area contributed by atoms with Crippen molar-refractivity contribution in [1.29, 1.82) is 0 Å². The summed E-state index contributed by atoms with van der Waals surface area (Å²) < 4.78 is 10.2. The SMILES string of the molecule is COC(=O)c1ccc(C(C)NCC2(C)CCCCC2)o1. The number of carbonyl (C=O) groups is 1. The second-order valence-corrected chi connectivity index (χ2v) is 6.17. The smallest absolute Gasteiger partial charge is 0.373 e. The number of methoxy groups -OCH3 is 1. The number of rotatable bonds is 5. The maximum absolute atomic E-state index is 11.4. The van der Waals surface area contributed by atoms with Crippen LogP contribution in [-0.2, 0) is 4.74 Å². The highest BCUT2D eigenvalue weighted by atomic mass is 16.5. The summed E-state index contributed by atoms with van der Waals surface area (Å²) in [5.74, 6) is 0.618. The van der Waals surface area contributed by atoms with Crippen molar-refractivity contribution in [1.82, 2.24) is 5.32 Å². The van der Waals surface area contributed by atoms with E-state index in [0.29, 0.717) is 5.41 Å². The van der Waals surface area contributed by atoms with Crippen LogP contribution in [0.25, 0.3) is 0 Å². The molecular formula is C16H25NO3.